The van der Waals surface area contributed by atoms with Crippen LogP contribution in [0.3, 0.4) is 0 Å². The largest absolute Gasteiger partial charge is 0.308 e. The van der Waals surface area contributed by atoms with Crippen LogP contribution >= 0.6 is 15.9 Å². The Balaban J connectivity index is 2.27. The Labute approximate surface area is 113 Å². The van der Waals surface area contributed by atoms with E-state index >= 15 is 0 Å². The number of nitrogens with zero attached hydrogens (tertiary/aromatic N) is 1. The zero-order valence-corrected chi connectivity index (χ0v) is 11.5. The second kappa shape index (κ2) is 5.31. The second-order valence-corrected chi connectivity index (χ2v) is 4.97. The minimum Gasteiger partial charge on any atom is -0.308 e. The van der Waals surface area contributed by atoms with Gasteiger partial charge in [0.2, 0.25) is 0 Å². The van der Waals surface area contributed by atoms with Crippen LogP contribution in [0.4, 0.5) is 0 Å². The maximum atomic E-state index is 12.0. The van der Waals surface area contributed by atoms with Crippen molar-refractivity contribution in [2.45, 2.75) is 13.5 Å². The molecule has 0 spiro atoms. The lowest BCUT2D eigenvalue weighted by molar-refractivity contribution is 0.0970. The third kappa shape index (κ3) is 2.76. The molecule has 2 aromatic rings. The fourth-order valence-electron chi connectivity index (χ4n) is 1.69. The highest BCUT2D eigenvalue weighted by atomic mass is 79.9. The first-order valence-electron chi connectivity index (χ1n) is 5.53. The summed E-state index contributed by atoms with van der Waals surface area (Å²) in [7, 11) is 0. The minimum atomic E-state index is -0.124. The van der Waals surface area contributed by atoms with Crippen molar-refractivity contribution in [1.82, 2.24) is 4.57 Å². The first kappa shape index (κ1) is 12.8. The predicted octanol–water partition coefficient (Wildman–Crippen LogP) is 2.80. The summed E-state index contributed by atoms with van der Waals surface area (Å²) in [6.07, 6.45) is 1.63. The van der Waals surface area contributed by atoms with Crippen LogP contribution in [-0.2, 0) is 6.54 Å². The molecular weight excluding hydrogens is 294 g/mol. The van der Waals surface area contributed by atoms with Gasteiger partial charge in [-0.2, -0.15) is 0 Å². The van der Waals surface area contributed by atoms with E-state index < -0.39 is 0 Å². The van der Waals surface area contributed by atoms with E-state index in [2.05, 4.69) is 15.9 Å². The zero-order valence-electron chi connectivity index (χ0n) is 9.89. The number of halogens is 1. The Hall–Kier alpha value is -1.68. The molecule has 0 atom stereocenters. The molecule has 2 rings (SSSR count). The van der Waals surface area contributed by atoms with Crippen LogP contribution in [0, 0.1) is 6.92 Å². The molecule has 1 heterocycles. The highest BCUT2D eigenvalue weighted by Crippen LogP contribution is 2.12. The highest BCUT2D eigenvalue weighted by molar-refractivity contribution is 9.10. The van der Waals surface area contributed by atoms with Gasteiger partial charge in [0.1, 0.15) is 0 Å². The number of hydrogen-bond acceptors (Lipinski definition) is 2. The summed E-state index contributed by atoms with van der Waals surface area (Å²) in [5, 5.41) is 0. The van der Waals surface area contributed by atoms with Gasteiger partial charge in [0, 0.05) is 21.8 Å². The van der Waals surface area contributed by atoms with Crippen molar-refractivity contribution in [1.29, 1.82) is 0 Å². The van der Waals surface area contributed by atoms with E-state index in [1.165, 1.54) is 4.57 Å². The van der Waals surface area contributed by atoms with Crippen molar-refractivity contribution in [3.8, 4) is 0 Å². The summed E-state index contributed by atoms with van der Waals surface area (Å²) in [6.45, 7) is 1.80. The molecule has 0 unspecified atom stereocenters. The summed E-state index contributed by atoms with van der Waals surface area (Å²) in [5.74, 6) is -0.0796. The summed E-state index contributed by atoms with van der Waals surface area (Å²) in [6, 6.07) is 10.7. The van der Waals surface area contributed by atoms with E-state index in [9.17, 15) is 9.59 Å². The molecule has 3 nitrogen and oxygen atoms in total. The van der Waals surface area contributed by atoms with Crippen LogP contribution < -0.4 is 5.56 Å². The number of carbonyl (C=O) groups excluding carboxylic acids is 1. The van der Waals surface area contributed by atoms with Crippen molar-refractivity contribution in [3.63, 3.8) is 0 Å². The molecular formula is C14H12BrNO2. The second-order valence-electron chi connectivity index (χ2n) is 4.06. The molecule has 0 fully saturated rings. The lowest BCUT2D eigenvalue weighted by Gasteiger charge is -2.06. The average molecular weight is 306 g/mol. The van der Waals surface area contributed by atoms with Crippen LogP contribution in [0.25, 0.3) is 0 Å². The van der Waals surface area contributed by atoms with Gasteiger partial charge in [-0.15, -0.1) is 0 Å². The van der Waals surface area contributed by atoms with E-state index in [0.717, 1.165) is 4.47 Å². The van der Waals surface area contributed by atoms with Gasteiger partial charge in [-0.3, -0.25) is 9.59 Å². The first-order valence-corrected chi connectivity index (χ1v) is 6.32. The van der Waals surface area contributed by atoms with E-state index in [1.807, 2.05) is 6.07 Å². The van der Waals surface area contributed by atoms with Crippen molar-refractivity contribution in [2.75, 3.05) is 0 Å². The smallest absolute Gasteiger partial charge is 0.253 e. The number of Topliss-reactive ketones (excluding diaryl/α,β-unsaturated/α-hetero) is 1. The minimum absolute atomic E-state index is 0.0664. The molecule has 1 aromatic carbocycles. The third-order valence-corrected chi connectivity index (χ3v) is 3.16. The summed E-state index contributed by atoms with van der Waals surface area (Å²) in [5.41, 5.74) is 1.11. The Morgan fingerprint density at radius 2 is 2.06 bits per heavy atom. The predicted molar refractivity (Wildman–Crippen MR) is 73.9 cm³/mol. The van der Waals surface area contributed by atoms with Gasteiger partial charge in [0.25, 0.3) is 5.56 Å². The molecule has 92 valence electrons. The normalized spacial score (nSPS) is 10.3. The number of carbonyl (C=O) groups is 1. The molecule has 0 aliphatic carbocycles. The molecule has 0 aliphatic rings. The average Bonchev–Trinajstić information content (AvgIpc) is 2.35. The highest BCUT2D eigenvalue weighted by Gasteiger charge is 2.08. The fraction of sp³-hybridized carbons (Fsp3) is 0.143. The van der Waals surface area contributed by atoms with Crippen molar-refractivity contribution in [2.24, 2.45) is 0 Å². The van der Waals surface area contributed by atoms with Gasteiger partial charge in [0.15, 0.2) is 5.78 Å². The van der Waals surface area contributed by atoms with Gasteiger partial charge < -0.3 is 4.57 Å². The topological polar surface area (TPSA) is 39.1 Å². The molecule has 1 aromatic heterocycles. The maximum absolute atomic E-state index is 12.0. The molecule has 0 saturated heterocycles. The molecule has 0 saturated carbocycles. The van der Waals surface area contributed by atoms with Gasteiger partial charge in [-0.1, -0.05) is 34.1 Å². The Morgan fingerprint density at radius 3 is 2.78 bits per heavy atom. The maximum Gasteiger partial charge on any atom is 0.253 e. The number of aryl methyl sites for hydroxylation is 1. The number of hydrogen-bond donors (Lipinski definition) is 0. The number of pyridine rings is 1. The molecule has 0 amide bonds. The van der Waals surface area contributed by atoms with Gasteiger partial charge >= 0.3 is 0 Å². The number of aromatic nitrogens is 1. The standard InChI is InChI=1S/C14H12BrNO2/c1-10-4-3-7-16(14(10)18)9-13(17)11-5-2-6-12(15)8-11/h2-8H,9H2,1H3. The number of ketones is 1. The van der Waals surface area contributed by atoms with Gasteiger partial charge in [-0.25, -0.2) is 0 Å². The lowest BCUT2D eigenvalue weighted by Crippen LogP contribution is -2.25. The quantitative estimate of drug-likeness (QED) is 0.818. The van der Waals surface area contributed by atoms with E-state index in [0.29, 0.717) is 11.1 Å². The van der Waals surface area contributed by atoms with Gasteiger partial charge in [-0.05, 0) is 25.1 Å². The number of rotatable bonds is 3. The summed E-state index contributed by atoms with van der Waals surface area (Å²) >= 11 is 3.32. The van der Waals surface area contributed by atoms with E-state index in [1.54, 1.807) is 43.5 Å². The first-order chi connectivity index (χ1) is 8.58. The third-order valence-electron chi connectivity index (χ3n) is 2.67. The zero-order chi connectivity index (χ0) is 13.1. The fourth-order valence-corrected chi connectivity index (χ4v) is 2.09. The molecule has 18 heavy (non-hydrogen) atoms. The Kier molecular flexibility index (Phi) is 3.77. The van der Waals surface area contributed by atoms with Crippen LogP contribution in [0.2, 0.25) is 0 Å². The van der Waals surface area contributed by atoms with E-state index in [4.69, 9.17) is 0 Å². The molecule has 0 N–H and O–H groups in total. The molecule has 4 heteroatoms. The van der Waals surface area contributed by atoms with Crippen molar-refractivity contribution in [3.05, 3.63) is 68.5 Å². The lowest BCUT2D eigenvalue weighted by atomic mass is 10.1. The SMILES string of the molecule is Cc1cccn(CC(=O)c2cccc(Br)c2)c1=O. The van der Waals surface area contributed by atoms with E-state index in [-0.39, 0.29) is 17.9 Å². The van der Waals surface area contributed by atoms with Crippen molar-refractivity contribution >= 4 is 21.7 Å². The van der Waals surface area contributed by atoms with Crippen molar-refractivity contribution < 1.29 is 4.79 Å². The number of benzene rings is 1. The van der Waals surface area contributed by atoms with Crippen LogP contribution in [0.1, 0.15) is 15.9 Å². The monoisotopic (exact) mass is 305 g/mol. The Morgan fingerprint density at radius 1 is 1.28 bits per heavy atom. The molecule has 0 bridgehead atoms. The molecule has 0 radical (unpaired) electrons. The summed E-state index contributed by atoms with van der Waals surface area (Å²) in [4.78, 5) is 23.9. The van der Waals surface area contributed by atoms with Crippen LogP contribution in [0.5, 0.6) is 0 Å². The van der Waals surface area contributed by atoms with Crippen LogP contribution in [-0.4, -0.2) is 10.4 Å². The van der Waals surface area contributed by atoms with Crippen LogP contribution in [0.15, 0.2) is 51.9 Å². The molecule has 0 aliphatic heterocycles. The van der Waals surface area contributed by atoms with Gasteiger partial charge in [0.05, 0.1) is 6.54 Å². The summed E-state index contributed by atoms with van der Waals surface area (Å²) < 4.78 is 2.28. The Bertz CT molecular complexity index is 646.